The van der Waals surface area contributed by atoms with Gasteiger partial charge in [0.15, 0.2) is 0 Å². The molecule has 7 heteroatoms. The van der Waals surface area contributed by atoms with Crippen LogP contribution in [0.1, 0.15) is 34.7 Å². The molecule has 1 saturated heterocycles. The molecule has 1 atom stereocenters. The topological polar surface area (TPSA) is 83.3 Å². The highest BCUT2D eigenvalue weighted by Gasteiger charge is 2.31. The van der Waals surface area contributed by atoms with Crippen LogP contribution in [0.5, 0.6) is 0 Å². The number of amides is 1. The largest absolute Gasteiger partial charge is 0.397 e. The van der Waals surface area contributed by atoms with Gasteiger partial charge in [0.25, 0.3) is 5.91 Å². The molecule has 1 aliphatic heterocycles. The summed E-state index contributed by atoms with van der Waals surface area (Å²) in [5.41, 5.74) is 11.4. The molecular formula is C23H26N5OP. The van der Waals surface area contributed by atoms with Crippen molar-refractivity contribution in [3.05, 3.63) is 53.7 Å². The van der Waals surface area contributed by atoms with Crippen LogP contribution in [0.2, 0.25) is 0 Å². The van der Waals surface area contributed by atoms with Gasteiger partial charge in [-0.15, -0.1) is 9.24 Å². The first kappa shape index (κ1) is 19.3. The SMILES string of the molecule is Nc1ccc(P)cc1NC(=O)c1cnc2c(C3CC3)c(N3CCNCC3)ccc2c1. The lowest BCUT2D eigenvalue weighted by Crippen LogP contribution is -2.43. The van der Waals surface area contributed by atoms with E-state index in [2.05, 4.69) is 36.9 Å². The number of carbonyl (C=O) groups is 1. The van der Waals surface area contributed by atoms with Crippen LogP contribution in [-0.2, 0) is 0 Å². The maximum absolute atomic E-state index is 12.8. The number of piperazine rings is 1. The molecule has 2 fully saturated rings. The summed E-state index contributed by atoms with van der Waals surface area (Å²) in [5, 5.41) is 8.31. The van der Waals surface area contributed by atoms with E-state index < -0.39 is 0 Å². The van der Waals surface area contributed by atoms with E-state index in [4.69, 9.17) is 10.7 Å². The zero-order chi connectivity index (χ0) is 20.7. The molecule has 1 saturated carbocycles. The Bertz CT molecular complexity index is 1120. The van der Waals surface area contributed by atoms with Gasteiger partial charge < -0.3 is 21.3 Å². The molecule has 1 amide bonds. The average Bonchev–Trinajstić information content (AvgIpc) is 3.61. The van der Waals surface area contributed by atoms with Gasteiger partial charge in [-0.05, 0) is 48.3 Å². The predicted octanol–water partition coefficient (Wildman–Crippen LogP) is 2.86. The van der Waals surface area contributed by atoms with E-state index in [-0.39, 0.29) is 5.91 Å². The van der Waals surface area contributed by atoms with Crippen molar-refractivity contribution < 1.29 is 4.79 Å². The molecule has 0 radical (unpaired) electrons. The van der Waals surface area contributed by atoms with E-state index in [1.165, 1.54) is 24.1 Å². The fraction of sp³-hybridized carbons (Fsp3) is 0.304. The molecule has 4 N–H and O–H groups in total. The first-order valence-corrected chi connectivity index (χ1v) is 11.0. The van der Waals surface area contributed by atoms with Gasteiger partial charge >= 0.3 is 0 Å². The minimum absolute atomic E-state index is 0.203. The number of hydrogen-bond donors (Lipinski definition) is 3. The second-order valence-electron chi connectivity index (χ2n) is 8.11. The predicted molar refractivity (Wildman–Crippen MR) is 127 cm³/mol. The summed E-state index contributed by atoms with van der Waals surface area (Å²) in [4.78, 5) is 20.1. The van der Waals surface area contributed by atoms with Crippen LogP contribution in [0.25, 0.3) is 10.9 Å². The Morgan fingerprint density at radius 1 is 1.17 bits per heavy atom. The van der Waals surface area contributed by atoms with Crippen molar-refractivity contribution >= 4 is 48.4 Å². The van der Waals surface area contributed by atoms with E-state index in [0.29, 0.717) is 22.9 Å². The van der Waals surface area contributed by atoms with Crippen molar-refractivity contribution in [3.8, 4) is 0 Å². The van der Waals surface area contributed by atoms with Crippen LogP contribution in [0.4, 0.5) is 17.1 Å². The number of benzene rings is 2. The van der Waals surface area contributed by atoms with Crippen molar-refractivity contribution in [1.82, 2.24) is 10.3 Å². The third-order valence-electron chi connectivity index (χ3n) is 5.90. The van der Waals surface area contributed by atoms with Crippen LogP contribution in [-0.4, -0.2) is 37.1 Å². The van der Waals surface area contributed by atoms with Crippen LogP contribution >= 0.6 is 9.24 Å². The third kappa shape index (κ3) is 3.73. The standard InChI is InChI=1S/C23H26N5OP/c24-18-5-4-17(30)12-19(18)27-23(29)16-11-15-3-6-20(28-9-7-25-8-10-28)21(14-1-2-14)22(15)26-13-16/h3-6,11-14,25H,1-2,7-10,24,30H2,(H,27,29). The summed E-state index contributed by atoms with van der Waals surface area (Å²) in [5.74, 6) is 0.376. The van der Waals surface area contributed by atoms with Gasteiger partial charge in [0, 0.05) is 49.0 Å². The highest BCUT2D eigenvalue weighted by molar-refractivity contribution is 7.27. The van der Waals surface area contributed by atoms with Gasteiger partial charge in [-0.25, -0.2) is 0 Å². The molecule has 3 aromatic rings. The number of rotatable bonds is 4. The lowest BCUT2D eigenvalue weighted by Gasteiger charge is -2.31. The van der Waals surface area contributed by atoms with Gasteiger partial charge in [-0.3, -0.25) is 9.78 Å². The monoisotopic (exact) mass is 419 g/mol. The van der Waals surface area contributed by atoms with E-state index in [1.807, 2.05) is 18.2 Å². The molecule has 2 aliphatic rings. The zero-order valence-corrected chi connectivity index (χ0v) is 18.0. The van der Waals surface area contributed by atoms with Crippen molar-refractivity contribution in [2.45, 2.75) is 18.8 Å². The van der Waals surface area contributed by atoms with E-state index in [1.54, 1.807) is 12.3 Å². The van der Waals surface area contributed by atoms with Crippen molar-refractivity contribution in [3.63, 3.8) is 0 Å². The third-order valence-corrected chi connectivity index (χ3v) is 6.26. The summed E-state index contributed by atoms with van der Waals surface area (Å²) in [6, 6.07) is 11.8. The fourth-order valence-corrected chi connectivity index (χ4v) is 4.43. The Labute approximate surface area is 178 Å². The van der Waals surface area contributed by atoms with Gasteiger partial charge in [0.2, 0.25) is 0 Å². The number of aromatic nitrogens is 1. The van der Waals surface area contributed by atoms with Gasteiger partial charge in [-0.1, -0.05) is 12.1 Å². The van der Waals surface area contributed by atoms with Gasteiger partial charge in [0.05, 0.1) is 22.5 Å². The average molecular weight is 419 g/mol. The minimum Gasteiger partial charge on any atom is -0.397 e. The maximum atomic E-state index is 12.8. The van der Waals surface area contributed by atoms with Crippen molar-refractivity contribution in [2.75, 3.05) is 42.1 Å². The molecule has 1 aliphatic carbocycles. The molecule has 0 spiro atoms. The quantitative estimate of drug-likeness (QED) is 0.448. The molecule has 2 aromatic carbocycles. The number of carbonyl (C=O) groups excluding carboxylic acids is 1. The Hall–Kier alpha value is -2.69. The molecular weight excluding hydrogens is 393 g/mol. The molecule has 5 rings (SSSR count). The van der Waals surface area contributed by atoms with E-state index in [0.717, 1.165) is 42.4 Å². The number of nitrogen functional groups attached to an aromatic ring is 1. The number of pyridine rings is 1. The van der Waals surface area contributed by atoms with Crippen molar-refractivity contribution in [2.24, 2.45) is 0 Å². The Morgan fingerprint density at radius 2 is 1.97 bits per heavy atom. The molecule has 1 aromatic heterocycles. The first-order chi connectivity index (χ1) is 14.6. The highest BCUT2D eigenvalue weighted by Crippen LogP contribution is 2.47. The Morgan fingerprint density at radius 3 is 2.73 bits per heavy atom. The normalized spacial score (nSPS) is 16.6. The number of fused-ring (bicyclic) bond motifs is 1. The van der Waals surface area contributed by atoms with Crippen LogP contribution in [0.15, 0.2) is 42.6 Å². The minimum atomic E-state index is -0.203. The first-order valence-electron chi connectivity index (χ1n) is 10.4. The second kappa shape index (κ2) is 7.86. The lowest BCUT2D eigenvalue weighted by molar-refractivity contribution is 0.102. The summed E-state index contributed by atoms with van der Waals surface area (Å²) in [6.45, 7) is 4.05. The Kier molecular flexibility index (Phi) is 5.05. The fourth-order valence-electron chi connectivity index (χ4n) is 4.17. The summed E-state index contributed by atoms with van der Waals surface area (Å²) in [6.07, 6.45) is 4.12. The van der Waals surface area contributed by atoms with E-state index in [9.17, 15) is 4.79 Å². The summed E-state index contributed by atoms with van der Waals surface area (Å²) in [7, 11) is 2.61. The number of anilines is 3. The molecule has 154 valence electrons. The molecule has 0 bridgehead atoms. The molecule has 1 unspecified atom stereocenters. The van der Waals surface area contributed by atoms with E-state index >= 15 is 0 Å². The smallest absolute Gasteiger partial charge is 0.257 e. The van der Waals surface area contributed by atoms with Gasteiger partial charge in [0.1, 0.15) is 0 Å². The summed E-state index contributed by atoms with van der Waals surface area (Å²) < 4.78 is 0. The molecule has 2 heterocycles. The number of nitrogens with zero attached hydrogens (tertiary/aromatic N) is 2. The van der Waals surface area contributed by atoms with Crippen LogP contribution in [0, 0.1) is 0 Å². The highest BCUT2D eigenvalue weighted by atomic mass is 31.0. The number of hydrogen-bond acceptors (Lipinski definition) is 5. The maximum Gasteiger partial charge on any atom is 0.257 e. The lowest BCUT2D eigenvalue weighted by atomic mass is 10.0. The Balaban J connectivity index is 1.48. The summed E-state index contributed by atoms with van der Waals surface area (Å²) >= 11 is 0. The number of nitrogens with one attached hydrogen (secondary N) is 2. The van der Waals surface area contributed by atoms with Crippen LogP contribution in [0.3, 0.4) is 0 Å². The molecule has 6 nitrogen and oxygen atoms in total. The van der Waals surface area contributed by atoms with Crippen molar-refractivity contribution in [1.29, 1.82) is 0 Å². The molecule has 30 heavy (non-hydrogen) atoms. The second-order valence-corrected chi connectivity index (χ2v) is 8.77. The van der Waals surface area contributed by atoms with Gasteiger partial charge in [-0.2, -0.15) is 0 Å². The van der Waals surface area contributed by atoms with Crippen LogP contribution < -0.4 is 26.6 Å². The number of nitrogens with two attached hydrogens (primary N) is 1. The zero-order valence-electron chi connectivity index (χ0n) is 16.8.